The third kappa shape index (κ3) is 6.29. The number of anilines is 1. The molecule has 288 valence electrons. The molecular weight excluding hydrogens is 708 g/mol. The van der Waals surface area contributed by atoms with E-state index in [0.717, 1.165) is 0 Å². The van der Waals surface area contributed by atoms with Crippen molar-refractivity contribution in [3.05, 3.63) is 28.8 Å². The lowest BCUT2D eigenvalue weighted by atomic mass is 9.91. The predicted octanol–water partition coefficient (Wildman–Crippen LogP) is -0.632. The predicted molar refractivity (Wildman–Crippen MR) is 191 cm³/mol. The molecule has 7 rings (SSSR count). The highest BCUT2D eigenvalue weighted by molar-refractivity contribution is 6.31. The Kier molecular flexibility index (Phi) is 10.1. The number of aliphatic hydroxyl groups is 1. The second-order valence-electron chi connectivity index (χ2n) is 15.3. The lowest BCUT2D eigenvalue weighted by Crippen LogP contribution is -2.69. The van der Waals surface area contributed by atoms with Crippen LogP contribution in [0.25, 0.3) is 0 Å². The molecule has 6 amide bonds. The molecule has 6 aliphatic rings. The van der Waals surface area contributed by atoms with Crippen molar-refractivity contribution < 1.29 is 33.9 Å². The van der Waals surface area contributed by atoms with E-state index in [1.54, 1.807) is 39.0 Å². The number of hydrazine groups is 3. The van der Waals surface area contributed by atoms with E-state index < -0.39 is 89.4 Å². The first-order valence-corrected chi connectivity index (χ1v) is 19.0. The van der Waals surface area contributed by atoms with E-state index in [0.29, 0.717) is 68.0 Å². The van der Waals surface area contributed by atoms with Gasteiger partial charge in [0.05, 0.1) is 0 Å². The number of amides is 6. The van der Waals surface area contributed by atoms with Crippen molar-refractivity contribution in [2.45, 2.75) is 114 Å². The van der Waals surface area contributed by atoms with Crippen molar-refractivity contribution in [2.75, 3.05) is 32.0 Å². The minimum absolute atomic E-state index is 0.206. The molecule has 17 nitrogen and oxygen atoms in total. The van der Waals surface area contributed by atoms with Gasteiger partial charge in [0.25, 0.3) is 17.7 Å². The number of nitrogens with one attached hydrogen (secondary N) is 5. The van der Waals surface area contributed by atoms with Crippen LogP contribution in [0.5, 0.6) is 0 Å². The summed E-state index contributed by atoms with van der Waals surface area (Å²) in [5.74, 6) is -3.71. The Morgan fingerprint density at radius 1 is 0.755 bits per heavy atom. The maximum atomic E-state index is 14.9. The molecule has 6 N–H and O–H groups in total. The van der Waals surface area contributed by atoms with Crippen LogP contribution < -0.4 is 26.9 Å². The monoisotopic (exact) mass is 756 g/mol. The van der Waals surface area contributed by atoms with E-state index in [-0.39, 0.29) is 12.8 Å². The van der Waals surface area contributed by atoms with E-state index in [9.17, 15) is 33.9 Å². The first-order valence-electron chi connectivity index (χ1n) is 18.6. The Morgan fingerprint density at radius 2 is 1.30 bits per heavy atom. The number of fused-ring (bicyclic) bond motifs is 8. The van der Waals surface area contributed by atoms with Gasteiger partial charge in [-0.15, -0.1) is 0 Å². The standard InChI is InChI=1S/C35H49ClN10O7/c1-18(2)27-33(52)46-25(10-7-15-39-46)32(51)45-23(8-5-14-38-45)30(49)42(4)19(3)29(48)44-24(9-6-13-37-44)31(50)43-26(28(47)41-27)17-35(53)21-12-11-20(36)16-22(21)40-34(35)43/h11-12,16,18-19,23-27,34,37-40,53H,5-10,13-15,17H2,1-4H3,(H,41,47)/t19-,23+,24-,25-,26-,27+,34-,35+/m0/s1. The summed E-state index contributed by atoms with van der Waals surface area (Å²) in [6, 6.07) is -1.55. The van der Waals surface area contributed by atoms with E-state index in [2.05, 4.69) is 26.9 Å². The van der Waals surface area contributed by atoms with Crippen LogP contribution in [-0.4, -0.2) is 134 Å². The first-order chi connectivity index (χ1) is 25.2. The number of carbonyl (C=O) groups excluding carboxylic acids is 6. The van der Waals surface area contributed by atoms with Crippen molar-refractivity contribution in [3.8, 4) is 0 Å². The number of nitrogens with zero attached hydrogens (tertiary/aromatic N) is 5. The maximum Gasteiger partial charge on any atom is 0.261 e. The molecule has 0 spiro atoms. The molecule has 0 aliphatic carbocycles. The molecule has 53 heavy (non-hydrogen) atoms. The van der Waals surface area contributed by atoms with Crippen LogP contribution >= 0.6 is 11.6 Å². The van der Waals surface area contributed by atoms with Gasteiger partial charge in [0.15, 0.2) is 0 Å². The zero-order valence-electron chi connectivity index (χ0n) is 30.4. The number of rotatable bonds is 1. The van der Waals surface area contributed by atoms with Gasteiger partial charge in [-0.2, -0.15) is 0 Å². The Morgan fingerprint density at radius 3 is 1.91 bits per heavy atom. The summed E-state index contributed by atoms with van der Waals surface area (Å²) in [6.07, 6.45) is 1.31. The van der Waals surface area contributed by atoms with Crippen LogP contribution in [-0.2, 0) is 34.4 Å². The number of halogens is 1. The molecule has 5 saturated heterocycles. The molecule has 0 radical (unpaired) electrons. The van der Waals surface area contributed by atoms with Gasteiger partial charge in [-0.3, -0.25) is 43.8 Å². The van der Waals surface area contributed by atoms with Crippen molar-refractivity contribution in [1.82, 2.24) is 46.4 Å². The fourth-order valence-electron chi connectivity index (χ4n) is 8.66. The maximum absolute atomic E-state index is 14.9. The molecule has 18 heteroatoms. The fraction of sp³-hybridized carbons (Fsp3) is 0.657. The van der Waals surface area contributed by atoms with E-state index in [4.69, 9.17) is 11.6 Å². The fourth-order valence-corrected chi connectivity index (χ4v) is 8.83. The summed E-state index contributed by atoms with van der Waals surface area (Å²) in [5, 5.41) is 22.6. The third-order valence-corrected chi connectivity index (χ3v) is 11.9. The lowest BCUT2D eigenvalue weighted by Gasteiger charge is -2.45. The molecule has 1 aromatic carbocycles. The van der Waals surface area contributed by atoms with Crippen molar-refractivity contribution in [1.29, 1.82) is 0 Å². The van der Waals surface area contributed by atoms with Gasteiger partial charge in [-0.1, -0.05) is 31.5 Å². The largest absolute Gasteiger partial charge is 0.381 e. The SMILES string of the molecule is CC(C)[C@H]1NC(=O)[C@@H]2C[C@@]3(O)c4ccc(Cl)cc4N[C@H]3N2C(=O)[C@@H]2CCCNN2C(=O)[C@H](C)N(C)C(=O)[C@H]2CCCNN2C(=O)[C@@H]2CCCNN2C1=O. The van der Waals surface area contributed by atoms with Crippen LogP contribution in [0.1, 0.15) is 71.3 Å². The molecule has 1 aromatic rings. The topological polar surface area (TPSA) is 199 Å². The van der Waals surface area contributed by atoms with Crippen LogP contribution in [0.3, 0.4) is 0 Å². The number of likely N-dealkylation sites (N-methyl/N-ethyl adjacent to an activating group) is 1. The minimum atomic E-state index is -1.71. The quantitative estimate of drug-likeness (QED) is 0.213. The third-order valence-electron chi connectivity index (χ3n) is 11.7. The smallest absolute Gasteiger partial charge is 0.261 e. The van der Waals surface area contributed by atoms with Gasteiger partial charge >= 0.3 is 0 Å². The number of benzene rings is 1. The highest BCUT2D eigenvalue weighted by atomic mass is 35.5. The van der Waals surface area contributed by atoms with Crippen LogP contribution in [0.2, 0.25) is 5.02 Å². The second-order valence-corrected chi connectivity index (χ2v) is 15.7. The molecular formula is C35H49ClN10O7. The van der Waals surface area contributed by atoms with Crippen molar-refractivity contribution >= 4 is 52.7 Å². The van der Waals surface area contributed by atoms with Crippen LogP contribution in [0.15, 0.2) is 18.2 Å². The Labute approximate surface area is 313 Å². The molecule has 0 bridgehead atoms. The number of carbonyl (C=O) groups is 6. The molecule has 0 unspecified atom stereocenters. The summed E-state index contributed by atoms with van der Waals surface area (Å²) >= 11 is 6.29. The zero-order chi connectivity index (χ0) is 37.9. The van der Waals surface area contributed by atoms with Gasteiger partial charge in [-0.25, -0.2) is 16.3 Å². The summed E-state index contributed by atoms with van der Waals surface area (Å²) in [7, 11) is 1.50. The Bertz CT molecular complexity index is 1700. The average Bonchev–Trinajstić information content (AvgIpc) is 3.61. The number of hydrogen-bond donors (Lipinski definition) is 6. The molecule has 0 aromatic heterocycles. The normalized spacial score (nSPS) is 34.4. The molecule has 8 atom stereocenters. The molecule has 0 saturated carbocycles. The molecule has 6 heterocycles. The molecule has 6 aliphatic heterocycles. The Balaban J connectivity index is 1.32. The molecule has 5 fully saturated rings. The second kappa shape index (κ2) is 14.3. The minimum Gasteiger partial charge on any atom is -0.381 e. The van der Waals surface area contributed by atoms with Gasteiger partial charge in [0.1, 0.15) is 48.0 Å². The van der Waals surface area contributed by atoms with Crippen LogP contribution in [0.4, 0.5) is 5.69 Å². The van der Waals surface area contributed by atoms with E-state index in [1.165, 1.54) is 31.9 Å². The first kappa shape index (κ1) is 37.3. The summed E-state index contributed by atoms with van der Waals surface area (Å²) in [5.41, 5.74) is 8.45. The summed E-state index contributed by atoms with van der Waals surface area (Å²) in [4.78, 5) is 89.3. The highest BCUT2D eigenvalue weighted by Crippen LogP contribution is 2.50. The summed E-state index contributed by atoms with van der Waals surface area (Å²) < 4.78 is 0. The van der Waals surface area contributed by atoms with Gasteiger partial charge in [0, 0.05) is 49.4 Å². The summed E-state index contributed by atoms with van der Waals surface area (Å²) in [6.45, 7) is 6.34. The highest BCUT2D eigenvalue weighted by Gasteiger charge is 2.62. The lowest BCUT2D eigenvalue weighted by molar-refractivity contribution is -0.165. The van der Waals surface area contributed by atoms with Gasteiger partial charge < -0.3 is 25.5 Å². The van der Waals surface area contributed by atoms with Crippen LogP contribution in [0, 0.1) is 5.92 Å². The zero-order valence-corrected chi connectivity index (χ0v) is 31.2. The van der Waals surface area contributed by atoms with Gasteiger partial charge in [-0.05, 0) is 63.5 Å². The number of hydrogen-bond acceptors (Lipinski definition) is 11. The van der Waals surface area contributed by atoms with Crippen molar-refractivity contribution in [3.63, 3.8) is 0 Å². The van der Waals surface area contributed by atoms with E-state index in [1.807, 2.05) is 0 Å². The van der Waals surface area contributed by atoms with Crippen molar-refractivity contribution in [2.24, 2.45) is 5.92 Å². The Hall–Kier alpha value is -4.03. The van der Waals surface area contributed by atoms with Gasteiger partial charge in [0.2, 0.25) is 17.7 Å². The average molecular weight is 757 g/mol. The van der Waals surface area contributed by atoms with E-state index >= 15 is 0 Å².